The van der Waals surface area contributed by atoms with Crippen molar-refractivity contribution in [3.8, 4) is 5.75 Å². The molecule has 0 aromatic heterocycles. The van der Waals surface area contributed by atoms with Gasteiger partial charge in [-0.1, -0.05) is 48.7 Å². The van der Waals surface area contributed by atoms with E-state index in [0.717, 1.165) is 31.5 Å². The number of hydrazone groups is 1. The molecule has 2 aromatic rings. The number of hydrogen-bond donors (Lipinski definition) is 1. The van der Waals surface area contributed by atoms with Crippen LogP contribution in [0.25, 0.3) is 0 Å². The summed E-state index contributed by atoms with van der Waals surface area (Å²) >= 11 is 12.7. The van der Waals surface area contributed by atoms with E-state index >= 15 is 0 Å². The van der Waals surface area contributed by atoms with Gasteiger partial charge in [0.05, 0.1) is 16.8 Å². The van der Waals surface area contributed by atoms with Crippen LogP contribution in [-0.4, -0.2) is 43.9 Å². The second kappa shape index (κ2) is 11.5. The number of hydrazine groups is 1. The first-order valence-electron chi connectivity index (χ1n) is 11.6. The van der Waals surface area contributed by atoms with E-state index in [4.69, 9.17) is 41.9 Å². The molecule has 2 aliphatic heterocycles. The normalized spacial score (nSPS) is 20.8. The van der Waals surface area contributed by atoms with Crippen molar-refractivity contribution in [2.24, 2.45) is 11.0 Å². The molecule has 0 spiro atoms. The lowest BCUT2D eigenvalue weighted by atomic mass is 9.91. The van der Waals surface area contributed by atoms with Crippen LogP contribution in [-0.2, 0) is 18.4 Å². The number of rotatable bonds is 8. The molecule has 1 saturated heterocycles. The number of anilines is 1. The number of halogens is 2. The molecule has 0 bridgehead atoms. The number of nitrogens with zero attached hydrogens (tertiary/aromatic N) is 3. The second-order valence-electron chi connectivity index (χ2n) is 8.62. The highest BCUT2D eigenvalue weighted by Gasteiger charge is 2.40. The molecule has 2 heterocycles. The maximum absolute atomic E-state index is 13.3. The summed E-state index contributed by atoms with van der Waals surface area (Å²) in [5.41, 5.74) is 4.90. The zero-order valence-corrected chi connectivity index (χ0v) is 22.7. The molecule has 0 radical (unpaired) electrons. The molecule has 12 heteroatoms. The Balaban J connectivity index is 1.64. The molecular weight excluding hydrogens is 526 g/mol. The molecule has 2 atom stereocenters. The second-order valence-corrected chi connectivity index (χ2v) is 11.3. The number of piperidine rings is 1. The van der Waals surface area contributed by atoms with Gasteiger partial charge in [0, 0.05) is 38.2 Å². The molecule has 2 aromatic carbocycles. The van der Waals surface area contributed by atoms with Gasteiger partial charge in [-0.15, -0.1) is 0 Å². The Kier molecular flexibility index (Phi) is 8.60. The number of amides is 1. The number of hydrogen-bond acceptors (Lipinski definition) is 8. The molecule has 194 valence electrons. The summed E-state index contributed by atoms with van der Waals surface area (Å²) < 4.78 is 27.4. The Morgan fingerprint density at radius 2 is 1.72 bits per heavy atom. The van der Waals surface area contributed by atoms with E-state index in [1.807, 2.05) is 24.1 Å². The highest BCUT2D eigenvalue weighted by Crippen LogP contribution is 2.48. The standard InChI is InChI=1S/C24H29Cl2N4O5P/c1-16-22(24(31)28-29-13-5-4-6-14-29)27-30(21-12-9-18(25)15-20(21)26)23(16)17-7-10-19(11-8-17)35-36(32,33-2)34-3/h7-12,15-16,23H,4-6,13-14H2,1-3H3,(H,28,31). The van der Waals surface area contributed by atoms with Crippen LogP contribution in [0.1, 0.15) is 37.8 Å². The molecular formula is C24H29Cl2N4O5P. The molecule has 4 rings (SSSR count). The molecule has 1 fully saturated rings. The molecule has 9 nitrogen and oxygen atoms in total. The summed E-state index contributed by atoms with van der Waals surface area (Å²) in [6.07, 6.45) is 3.26. The number of benzene rings is 2. The molecule has 1 N–H and O–H groups in total. The van der Waals surface area contributed by atoms with Crippen molar-refractivity contribution in [2.75, 3.05) is 32.3 Å². The van der Waals surface area contributed by atoms with E-state index in [2.05, 4.69) is 5.43 Å². The number of phosphoric acid groups is 1. The lowest BCUT2D eigenvalue weighted by Gasteiger charge is -2.28. The average molecular weight is 555 g/mol. The maximum Gasteiger partial charge on any atom is 0.529 e. The van der Waals surface area contributed by atoms with E-state index in [1.54, 1.807) is 35.3 Å². The van der Waals surface area contributed by atoms with Crippen LogP contribution in [0.4, 0.5) is 5.69 Å². The Morgan fingerprint density at radius 1 is 1.06 bits per heavy atom. The minimum Gasteiger partial charge on any atom is -0.404 e. The van der Waals surface area contributed by atoms with Gasteiger partial charge in [-0.3, -0.25) is 24.3 Å². The summed E-state index contributed by atoms with van der Waals surface area (Å²) in [5, 5.41) is 9.35. The van der Waals surface area contributed by atoms with E-state index in [9.17, 15) is 9.36 Å². The molecule has 0 aliphatic carbocycles. The van der Waals surface area contributed by atoms with Gasteiger partial charge in [0.2, 0.25) is 0 Å². The van der Waals surface area contributed by atoms with Gasteiger partial charge in [0.25, 0.3) is 5.91 Å². The van der Waals surface area contributed by atoms with Crippen LogP contribution in [0, 0.1) is 5.92 Å². The molecule has 0 saturated carbocycles. The van der Waals surface area contributed by atoms with Crippen LogP contribution >= 0.6 is 31.0 Å². The van der Waals surface area contributed by atoms with Crippen molar-refractivity contribution in [2.45, 2.75) is 32.2 Å². The summed E-state index contributed by atoms with van der Waals surface area (Å²) in [5.74, 6) is -0.183. The molecule has 1 amide bonds. The third kappa shape index (κ3) is 5.88. The maximum atomic E-state index is 13.3. The summed E-state index contributed by atoms with van der Waals surface area (Å²) in [4.78, 5) is 13.3. The van der Waals surface area contributed by atoms with Crippen molar-refractivity contribution in [1.82, 2.24) is 10.4 Å². The Labute approximate surface area is 220 Å². The zero-order valence-electron chi connectivity index (χ0n) is 20.3. The number of carbonyl (C=O) groups is 1. The monoisotopic (exact) mass is 554 g/mol. The third-order valence-corrected chi connectivity index (χ3v) is 8.14. The van der Waals surface area contributed by atoms with Crippen molar-refractivity contribution in [3.05, 3.63) is 58.1 Å². The lowest BCUT2D eigenvalue weighted by molar-refractivity contribution is -0.120. The van der Waals surface area contributed by atoms with E-state index in [1.165, 1.54) is 20.6 Å². The van der Waals surface area contributed by atoms with Gasteiger partial charge in [0.1, 0.15) is 11.5 Å². The average Bonchev–Trinajstić information content (AvgIpc) is 3.22. The van der Waals surface area contributed by atoms with Crippen LogP contribution in [0.5, 0.6) is 5.75 Å². The van der Waals surface area contributed by atoms with Crippen molar-refractivity contribution >= 4 is 48.3 Å². The minimum atomic E-state index is -3.69. The first kappa shape index (κ1) is 26.9. The van der Waals surface area contributed by atoms with E-state index in [-0.39, 0.29) is 17.9 Å². The van der Waals surface area contributed by atoms with Crippen LogP contribution < -0.4 is 15.0 Å². The molecule has 36 heavy (non-hydrogen) atoms. The quantitative estimate of drug-likeness (QED) is 0.409. The zero-order chi connectivity index (χ0) is 25.9. The largest absolute Gasteiger partial charge is 0.529 e. The van der Waals surface area contributed by atoms with Crippen molar-refractivity contribution < 1.29 is 22.9 Å². The first-order chi connectivity index (χ1) is 17.2. The van der Waals surface area contributed by atoms with Gasteiger partial charge in [-0.05, 0) is 48.7 Å². The summed E-state index contributed by atoms with van der Waals surface area (Å²) in [6, 6.07) is 11.8. The predicted molar refractivity (Wildman–Crippen MR) is 141 cm³/mol. The Bertz CT molecular complexity index is 1170. The van der Waals surface area contributed by atoms with Crippen LogP contribution in [0.3, 0.4) is 0 Å². The number of carbonyl (C=O) groups excluding carboxylic acids is 1. The number of nitrogens with one attached hydrogen (secondary N) is 1. The fourth-order valence-corrected chi connectivity index (χ4v) is 5.57. The topological polar surface area (TPSA) is 92.7 Å². The van der Waals surface area contributed by atoms with Gasteiger partial charge >= 0.3 is 7.82 Å². The fraction of sp³-hybridized carbons (Fsp3) is 0.417. The first-order valence-corrected chi connectivity index (χ1v) is 13.9. The van der Waals surface area contributed by atoms with Crippen LogP contribution in [0.2, 0.25) is 10.0 Å². The summed E-state index contributed by atoms with van der Waals surface area (Å²) in [7, 11) is -1.19. The van der Waals surface area contributed by atoms with Crippen molar-refractivity contribution in [1.29, 1.82) is 0 Å². The highest BCUT2D eigenvalue weighted by atomic mass is 35.5. The summed E-state index contributed by atoms with van der Waals surface area (Å²) in [6.45, 7) is 3.59. The smallest absolute Gasteiger partial charge is 0.404 e. The van der Waals surface area contributed by atoms with Gasteiger partial charge < -0.3 is 4.52 Å². The lowest BCUT2D eigenvalue weighted by Crippen LogP contribution is -2.48. The Morgan fingerprint density at radius 3 is 2.33 bits per heavy atom. The predicted octanol–water partition coefficient (Wildman–Crippen LogP) is 5.84. The SMILES string of the molecule is COP(=O)(OC)Oc1ccc(C2C(C)C(C(=O)NN3CCCCC3)=NN2c2ccc(Cl)cc2Cl)cc1. The van der Waals surface area contributed by atoms with E-state index in [0.29, 0.717) is 27.2 Å². The minimum absolute atomic E-state index is 0.233. The van der Waals surface area contributed by atoms with Crippen LogP contribution in [0.15, 0.2) is 47.6 Å². The molecule has 2 unspecified atom stereocenters. The van der Waals surface area contributed by atoms with E-state index < -0.39 is 7.82 Å². The molecule has 2 aliphatic rings. The Hall–Kier alpha value is -2.13. The number of phosphoric ester groups is 1. The van der Waals surface area contributed by atoms with Gasteiger partial charge in [-0.25, -0.2) is 9.57 Å². The van der Waals surface area contributed by atoms with Crippen molar-refractivity contribution in [3.63, 3.8) is 0 Å². The fourth-order valence-electron chi connectivity index (χ4n) is 4.39. The highest BCUT2D eigenvalue weighted by molar-refractivity contribution is 7.48. The van der Waals surface area contributed by atoms with Gasteiger partial charge in [-0.2, -0.15) is 5.10 Å². The third-order valence-electron chi connectivity index (χ3n) is 6.27. The van der Waals surface area contributed by atoms with Gasteiger partial charge in [0.15, 0.2) is 0 Å².